The summed E-state index contributed by atoms with van der Waals surface area (Å²) >= 11 is 0. The van der Waals surface area contributed by atoms with Crippen LogP contribution in [0.4, 0.5) is 0 Å². The first-order valence-electron chi connectivity index (χ1n) is 10.2. The Hall–Kier alpha value is -2.87. The molecule has 0 bridgehead atoms. The molecule has 1 saturated heterocycles. The number of rotatable bonds is 6. The van der Waals surface area contributed by atoms with Crippen molar-refractivity contribution in [2.75, 3.05) is 13.1 Å². The van der Waals surface area contributed by atoms with Crippen LogP contribution < -0.4 is 11.4 Å². The van der Waals surface area contributed by atoms with Crippen molar-refractivity contribution >= 4 is 16.9 Å². The monoisotopic (exact) mass is 396 g/mol. The molecule has 0 aliphatic carbocycles. The fourth-order valence-electron chi connectivity index (χ4n) is 4.39. The summed E-state index contributed by atoms with van der Waals surface area (Å²) in [5, 5.41) is 4.21. The lowest BCUT2D eigenvalue weighted by atomic mass is 10.0. The minimum atomic E-state index is -0.108. The van der Waals surface area contributed by atoms with E-state index in [-0.39, 0.29) is 30.0 Å². The Kier molecular flexibility index (Phi) is 5.27. The van der Waals surface area contributed by atoms with Gasteiger partial charge in [0.25, 0.3) is 0 Å². The Balaban J connectivity index is 1.49. The molecule has 154 valence electrons. The van der Waals surface area contributed by atoms with E-state index in [1.54, 1.807) is 15.3 Å². The van der Waals surface area contributed by atoms with Gasteiger partial charge >= 0.3 is 5.69 Å². The number of nitrogens with zero attached hydrogens (tertiary/aromatic N) is 5. The van der Waals surface area contributed by atoms with E-state index in [1.807, 2.05) is 47.0 Å². The molecule has 1 aliphatic heterocycles. The van der Waals surface area contributed by atoms with Crippen LogP contribution in [0.15, 0.2) is 41.3 Å². The quantitative estimate of drug-likeness (QED) is 0.680. The van der Waals surface area contributed by atoms with E-state index in [1.165, 1.54) is 0 Å². The van der Waals surface area contributed by atoms with Gasteiger partial charge in [0.1, 0.15) is 0 Å². The highest BCUT2D eigenvalue weighted by Gasteiger charge is 2.35. The zero-order valence-corrected chi connectivity index (χ0v) is 17.0. The van der Waals surface area contributed by atoms with E-state index in [4.69, 9.17) is 5.73 Å². The van der Waals surface area contributed by atoms with Gasteiger partial charge in [-0.2, -0.15) is 5.10 Å². The fraction of sp³-hybridized carbons (Fsp3) is 0.476. The number of aryl methyl sites for hydroxylation is 3. The lowest BCUT2D eigenvalue weighted by Crippen LogP contribution is -2.33. The summed E-state index contributed by atoms with van der Waals surface area (Å²) in [7, 11) is 1.89. The second kappa shape index (κ2) is 7.87. The molecular formula is C21H28N6O2. The molecule has 0 radical (unpaired) electrons. The van der Waals surface area contributed by atoms with Crippen LogP contribution in [0.2, 0.25) is 0 Å². The maximum absolute atomic E-state index is 12.9. The van der Waals surface area contributed by atoms with Gasteiger partial charge in [-0.1, -0.05) is 19.1 Å². The zero-order chi connectivity index (χ0) is 20.5. The molecule has 3 heterocycles. The summed E-state index contributed by atoms with van der Waals surface area (Å²) in [4.78, 5) is 27.6. The predicted molar refractivity (Wildman–Crippen MR) is 112 cm³/mol. The molecule has 29 heavy (non-hydrogen) atoms. The van der Waals surface area contributed by atoms with Gasteiger partial charge in [0, 0.05) is 63.5 Å². The van der Waals surface area contributed by atoms with Crippen LogP contribution >= 0.6 is 0 Å². The largest absolute Gasteiger partial charge is 0.340 e. The number of carbonyl (C=O) groups excluding carboxylic acids is 1. The van der Waals surface area contributed by atoms with Gasteiger partial charge in [-0.15, -0.1) is 0 Å². The third kappa shape index (κ3) is 3.48. The number of nitrogens with two attached hydrogens (primary N) is 1. The molecule has 2 aromatic heterocycles. The normalized spacial score (nSPS) is 19.3. The van der Waals surface area contributed by atoms with Crippen LogP contribution in [0.3, 0.4) is 0 Å². The number of likely N-dealkylation sites (tertiary alicyclic amines) is 1. The topological polar surface area (TPSA) is 91.1 Å². The summed E-state index contributed by atoms with van der Waals surface area (Å²) in [5.41, 5.74) is 9.12. The second-order valence-electron chi connectivity index (χ2n) is 7.77. The molecule has 8 nitrogen and oxygen atoms in total. The second-order valence-corrected chi connectivity index (χ2v) is 7.77. The van der Waals surface area contributed by atoms with E-state index < -0.39 is 0 Å². The van der Waals surface area contributed by atoms with Gasteiger partial charge < -0.3 is 10.6 Å². The van der Waals surface area contributed by atoms with Crippen molar-refractivity contribution in [3.8, 4) is 0 Å². The minimum absolute atomic E-state index is 0.0318. The minimum Gasteiger partial charge on any atom is -0.340 e. The maximum Gasteiger partial charge on any atom is 0.329 e. The van der Waals surface area contributed by atoms with Gasteiger partial charge in [-0.3, -0.25) is 18.6 Å². The van der Waals surface area contributed by atoms with Gasteiger partial charge in [0.15, 0.2) is 0 Å². The van der Waals surface area contributed by atoms with Crippen molar-refractivity contribution in [3.63, 3.8) is 0 Å². The molecular weight excluding hydrogens is 368 g/mol. The molecule has 2 atom stereocenters. The number of carbonyl (C=O) groups is 1. The average Bonchev–Trinajstić information content (AvgIpc) is 3.37. The first-order valence-corrected chi connectivity index (χ1v) is 10.2. The Morgan fingerprint density at radius 3 is 2.45 bits per heavy atom. The molecule has 0 saturated carbocycles. The Bertz CT molecular complexity index is 1080. The van der Waals surface area contributed by atoms with Crippen molar-refractivity contribution in [1.29, 1.82) is 0 Å². The van der Waals surface area contributed by atoms with Gasteiger partial charge in [0.05, 0.1) is 11.0 Å². The highest BCUT2D eigenvalue weighted by atomic mass is 16.2. The van der Waals surface area contributed by atoms with Crippen molar-refractivity contribution in [3.05, 3.63) is 52.7 Å². The summed E-state index contributed by atoms with van der Waals surface area (Å²) in [6.07, 6.45) is 2.92. The molecule has 1 aromatic carbocycles. The molecule has 1 aliphatic rings. The smallest absolute Gasteiger partial charge is 0.329 e. The van der Waals surface area contributed by atoms with Crippen molar-refractivity contribution in [2.24, 2.45) is 12.8 Å². The summed E-state index contributed by atoms with van der Waals surface area (Å²) in [6, 6.07) is 9.62. The molecule has 1 amide bonds. The number of imidazole rings is 1. The first kappa shape index (κ1) is 19.4. The molecule has 0 unspecified atom stereocenters. The van der Waals surface area contributed by atoms with Crippen molar-refractivity contribution in [2.45, 2.75) is 44.8 Å². The fourth-order valence-corrected chi connectivity index (χ4v) is 4.39. The highest BCUT2D eigenvalue weighted by Crippen LogP contribution is 2.26. The zero-order valence-electron chi connectivity index (χ0n) is 17.0. The molecule has 4 rings (SSSR count). The summed E-state index contributed by atoms with van der Waals surface area (Å²) < 4.78 is 5.34. The third-order valence-electron chi connectivity index (χ3n) is 5.88. The van der Waals surface area contributed by atoms with E-state index in [0.29, 0.717) is 26.2 Å². The van der Waals surface area contributed by atoms with Crippen LogP contribution in [0.5, 0.6) is 0 Å². The maximum atomic E-state index is 12.9. The number of benzene rings is 1. The van der Waals surface area contributed by atoms with Gasteiger partial charge in [-0.05, 0) is 24.6 Å². The number of amides is 1. The molecule has 0 spiro atoms. The van der Waals surface area contributed by atoms with Crippen LogP contribution in [0.25, 0.3) is 11.0 Å². The van der Waals surface area contributed by atoms with Crippen LogP contribution in [-0.2, 0) is 24.9 Å². The Labute approximate surface area is 169 Å². The van der Waals surface area contributed by atoms with Crippen LogP contribution in [0.1, 0.15) is 31.4 Å². The number of hydrogen-bond donors (Lipinski definition) is 1. The molecule has 1 fully saturated rings. The van der Waals surface area contributed by atoms with Crippen LogP contribution in [-0.4, -0.2) is 48.9 Å². The lowest BCUT2D eigenvalue weighted by molar-refractivity contribution is -0.130. The number of aromatic nitrogens is 4. The highest BCUT2D eigenvalue weighted by molar-refractivity contribution is 5.78. The Morgan fingerprint density at radius 2 is 1.83 bits per heavy atom. The van der Waals surface area contributed by atoms with Gasteiger partial charge in [0.2, 0.25) is 5.91 Å². The number of hydrogen-bond acceptors (Lipinski definition) is 4. The summed E-state index contributed by atoms with van der Waals surface area (Å²) in [6.45, 7) is 4.22. The summed E-state index contributed by atoms with van der Waals surface area (Å²) in [5.74, 6) is 0.116. The third-order valence-corrected chi connectivity index (χ3v) is 5.88. The average molecular weight is 396 g/mol. The predicted octanol–water partition coefficient (Wildman–Crippen LogP) is 1.29. The van der Waals surface area contributed by atoms with E-state index in [0.717, 1.165) is 23.1 Å². The molecule has 3 aromatic rings. The Morgan fingerprint density at radius 1 is 1.14 bits per heavy atom. The van der Waals surface area contributed by atoms with Crippen LogP contribution in [0, 0.1) is 0 Å². The molecule has 2 N–H and O–H groups in total. The van der Waals surface area contributed by atoms with E-state index in [2.05, 4.69) is 12.0 Å². The number of fused-ring (bicyclic) bond motifs is 1. The van der Waals surface area contributed by atoms with E-state index in [9.17, 15) is 9.59 Å². The molecule has 8 heteroatoms. The first-order chi connectivity index (χ1) is 14.0. The lowest BCUT2D eigenvalue weighted by Gasteiger charge is -2.16. The van der Waals surface area contributed by atoms with E-state index >= 15 is 0 Å². The standard InChI is InChI=1S/C21H28N6O2/c1-3-11-26-18-6-4-5-7-19(18)27(21(26)29)12-9-20(28)25-13-15(16(22)14-25)17-8-10-23-24(17)2/h4-8,10,15-16H,3,9,11-14,22H2,1-2H3/t15-,16-/m1/s1. The SMILES string of the molecule is CCCn1c(=O)n(CCC(=O)N2C[C@@H](N)[C@H](c3ccnn3C)C2)c2ccccc21. The van der Waals surface area contributed by atoms with Crippen molar-refractivity contribution in [1.82, 2.24) is 23.8 Å². The number of para-hydroxylation sites is 2. The van der Waals surface area contributed by atoms with Gasteiger partial charge in [-0.25, -0.2) is 4.79 Å². The van der Waals surface area contributed by atoms with Crippen molar-refractivity contribution < 1.29 is 4.79 Å².